The predicted octanol–water partition coefficient (Wildman–Crippen LogP) is 2.68. The predicted molar refractivity (Wildman–Crippen MR) is 84.8 cm³/mol. The lowest BCUT2D eigenvalue weighted by atomic mass is 10.1. The molecule has 0 bridgehead atoms. The van der Waals surface area contributed by atoms with Crippen molar-refractivity contribution < 1.29 is 22.8 Å². The molecule has 0 saturated carbocycles. The average Bonchev–Trinajstić information content (AvgIpc) is 2.52. The third-order valence-electron chi connectivity index (χ3n) is 3.72. The number of benzene rings is 1. The number of nitrogens with one attached hydrogen (secondary N) is 2. The highest BCUT2D eigenvalue weighted by atomic mass is 19.4. The molecule has 0 radical (unpaired) electrons. The second kappa shape index (κ2) is 7.55. The molecule has 132 valence electrons. The van der Waals surface area contributed by atoms with Crippen molar-refractivity contribution in [2.75, 3.05) is 23.3 Å². The Labute approximate surface area is 138 Å². The molecule has 24 heavy (non-hydrogen) atoms. The van der Waals surface area contributed by atoms with Crippen molar-refractivity contribution >= 4 is 23.2 Å². The summed E-state index contributed by atoms with van der Waals surface area (Å²) >= 11 is 0. The van der Waals surface area contributed by atoms with Crippen molar-refractivity contribution in [2.24, 2.45) is 0 Å². The molecule has 5 nitrogen and oxygen atoms in total. The number of hydrogen-bond acceptors (Lipinski definition) is 3. The number of hydrogen-bond donors (Lipinski definition) is 2. The Balaban J connectivity index is 1.98. The molecular weight excluding hydrogens is 323 g/mol. The van der Waals surface area contributed by atoms with Crippen LogP contribution in [0, 0.1) is 0 Å². The molecule has 1 fully saturated rings. The molecule has 1 aromatic rings. The molecular formula is C16H20F3N3O2. The van der Waals surface area contributed by atoms with E-state index in [0.29, 0.717) is 24.3 Å². The normalized spacial score (nSPS) is 16.7. The summed E-state index contributed by atoms with van der Waals surface area (Å²) in [4.78, 5) is 25.3. The molecule has 1 unspecified atom stereocenters. The van der Waals surface area contributed by atoms with E-state index < -0.39 is 24.7 Å². The number of carbonyl (C=O) groups excluding carboxylic acids is 2. The Morgan fingerprint density at radius 3 is 2.75 bits per heavy atom. The van der Waals surface area contributed by atoms with Crippen LogP contribution in [0.1, 0.15) is 26.2 Å². The smallest absolute Gasteiger partial charge is 0.374 e. The Bertz CT molecular complexity index is 604. The van der Waals surface area contributed by atoms with Crippen molar-refractivity contribution in [3.63, 3.8) is 0 Å². The number of piperidine rings is 1. The first-order valence-corrected chi connectivity index (χ1v) is 7.78. The zero-order chi connectivity index (χ0) is 17.7. The van der Waals surface area contributed by atoms with Gasteiger partial charge in [0.25, 0.3) is 0 Å². The summed E-state index contributed by atoms with van der Waals surface area (Å²) in [6, 6.07) is 6.12. The fourth-order valence-corrected chi connectivity index (χ4v) is 2.50. The second-order valence-corrected chi connectivity index (χ2v) is 5.75. The molecule has 0 aromatic heterocycles. The minimum absolute atomic E-state index is 0.0503. The second-order valence-electron chi connectivity index (χ2n) is 5.75. The van der Waals surface area contributed by atoms with Crippen LogP contribution in [0.15, 0.2) is 24.3 Å². The van der Waals surface area contributed by atoms with Gasteiger partial charge in [-0.1, -0.05) is 6.07 Å². The van der Waals surface area contributed by atoms with E-state index >= 15 is 0 Å². The van der Waals surface area contributed by atoms with Crippen molar-refractivity contribution in [3.05, 3.63) is 24.3 Å². The van der Waals surface area contributed by atoms with E-state index in [1.165, 1.54) is 6.92 Å². The molecule has 1 saturated heterocycles. The first kappa shape index (κ1) is 18.1. The zero-order valence-electron chi connectivity index (χ0n) is 13.3. The topological polar surface area (TPSA) is 61.4 Å². The maximum absolute atomic E-state index is 12.1. The highest BCUT2D eigenvalue weighted by Gasteiger charge is 2.28. The number of amides is 2. The number of nitrogens with zero attached hydrogens (tertiary/aromatic N) is 1. The lowest BCUT2D eigenvalue weighted by Gasteiger charge is -2.27. The lowest BCUT2D eigenvalue weighted by Crippen LogP contribution is -2.42. The van der Waals surface area contributed by atoms with Crippen molar-refractivity contribution in [1.82, 2.24) is 5.32 Å². The SMILES string of the molecule is CC(Nc1cccc(N2CCCCC2=O)c1)C(=O)NCC(F)(F)F. The summed E-state index contributed by atoms with van der Waals surface area (Å²) < 4.78 is 36.4. The molecule has 2 rings (SSSR count). The number of carbonyl (C=O) groups is 2. The minimum atomic E-state index is -4.44. The van der Waals surface area contributed by atoms with E-state index in [1.807, 2.05) is 5.32 Å². The lowest BCUT2D eigenvalue weighted by molar-refractivity contribution is -0.138. The van der Waals surface area contributed by atoms with Gasteiger partial charge in [-0.2, -0.15) is 13.2 Å². The summed E-state index contributed by atoms with van der Waals surface area (Å²) in [5, 5.41) is 4.69. The number of halogens is 3. The van der Waals surface area contributed by atoms with E-state index in [-0.39, 0.29) is 5.91 Å². The van der Waals surface area contributed by atoms with Gasteiger partial charge in [-0.15, -0.1) is 0 Å². The van der Waals surface area contributed by atoms with Gasteiger partial charge in [-0.05, 0) is 38.0 Å². The van der Waals surface area contributed by atoms with Crippen LogP contribution in [0.2, 0.25) is 0 Å². The Hall–Kier alpha value is -2.25. The molecule has 2 amide bonds. The van der Waals surface area contributed by atoms with Crippen LogP contribution in [0.3, 0.4) is 0 Å². The third-order valence-corrected chi connectivity index (χ3v) is 3.72. The summed E-state index contributed by atoms with van der Waals surface area (Å²) in [7, 11) is 0. The first-order valence-electron chi connectivity index (χ1n) is 7.78. The summed E-state index contributed by atoms with van der Waals surface area (Å²) in [5.41, 5.74) is 1.29. The Kier molecular flexibility index (Phi) is 5.69. The van der Waals surface area contributed by atoms with Crippen LogP contribution in [0.25, 0.3) is 0 Å². The molecule has 1 aromatic carbocycles. The van der Waals surface area contributed by atoms with Gasteiger partial charge in [-0.25, -0.2) is 0 Å². The van der Waals surface area contributed by atoms with E-state index in [4.69, 9.17) is 0 Å². The molecule has 2 N–H and O–H groups in total. The minimum Gasteiger partial charge on any atom is -0.374 e. The van der Waals surface area contributed by atoms with Crippen LogP contribution in [-0.4, -0.2) is 37.1 Å². The number of alkyl halides is 3. The van der Waals surface area contributed by atoms with Crippen LogP contribution < -0.4 is 15.5 Å². The molecule has 1 aliphatic heterocycles. The van der Waals surface area contributed by atoms with Crippen LogP contribution in [-0.2, 0) is 9.59 Å². The van der Waals surface area contributed by atoms with Gasteiger partial charge in [0.15, 0.2) is 0 Å². The van der Waals surface area contributed by atoms with E-state index in [9.17, 15) is 22.8 Å². The van der Waals surface area contributed by atoms with E-state index in [2.05, 4.69) is 5.32 Å². The van der Waals surface area contributed by atoms with Crippen LogP contribution in [0.4, 0.5) is 24.5 Å². The maximum atomic E-state index is 12.1. The first-order chi connectivity index (χ1) is 11.3. The quantitative estimate of drug-likeness (QED) is 0.864. The summed E-state index contributed by atoms with van der Waals surface area (Å²) in [6.07, 6.45) is -2.12. The number of rotatable bonds is 5. The fraction of sp³-hybridized carbons (Fsp3) is 0.500. The molecule has 1 heterocycles. The van der Waals surface area contributed by atoms with Gasteiger partial charge in [0.05, 0.1) is 0 Å². The Morgan fingerprint density at radius 1 is 1.33 bits per heavy atom. The summed E-state index contributed by atoms with van der Waals surface area (Å²) in [5.74, 6) is -0.693. The van der Waals surface area contributed by atoms with Gasteiger partial charge in [-0.3, -0.25) is 9.59 Å². The van der Waals surface area contributed by atoms with Crippen molar-refractivity contribution in [1.29, 1.82) is 0 Å². The van der Waals surface area contributed by atoms with Gasteiger partial charge in [0.2, 0.25) is 11.8 Å². The highest BCUT2D eigenvalue weighted by molar-refractivity contribution is 5.94. The molecule has 1 atom stereocenters. The van der Waals surface area contributed by atoms with Gasteiger partial charge < -0.3 is 15.5 Å². The van der Waals surface area contributed by atoms with Gasteiger partial charge >= 0.3 is 6.18 Å². The van der Waals surface area contributed by atoms with Crippen LogP contribution >= 0.6 is 0 Å². The van der Waals surface area contributed by atoms with E-state index in [0.717, 1.165) is 12.8 Å². The standard InChI is InChI=1S/C16H20F3N3O2/c1-11(15(24)20-10-16(17,18)19)21-12-5-4-6-13(9-12)22-8-3-2-7-14(22)23/h4-6,9,11,21H,2-3,7-8,10H2,1H3,(H,20,24). The zero-order valence-corrected chi connectivity index (χ0v) is 13.3. The molecule has 0 aliphatic carbocycles. The largest absolute Gasteiger partial charge is 0.405 e. The third kappa shape index (κ3) is 5.14. The molecule has 8 heteroatoms. The molecule has 1 aliphatic rings. The highest BCUT2D eigenvalue weighted by Crippen LogP contribution is 2.24. The van der Waals surface area contributed by atoms with Gasteiger partial charge in [0, 0.05) is 24.3 Å². The summed E-state index contributed by atoms with van der Waals surface area (Å²) in [6.45, 7) is 0.758. The monoisotopic (exact) mass is 343 g/mol. The average molecular weight is 343 g/mol. The maximum Gasteiger partial charge on any atom is 0.405 e. The fourth-order valence-electron chi connectivity index (χ4n) is 2.50. The van der Waals surface area contributed by atoms with Crippen LogP contribution in [0.5, 0.6) is 0 Å². The van der Waals surface area contributed by atoms with Crippen molar-refractivity contribution in [2.45, 2.75) is 38.4 Å². The number of anilines is 2. The van der Waals surface area contributed by atoms with Gasteiger partial charge in [0.1, 0.15) is 12.6 Å². The molecule has 0 spiro atoms. The van der Waals surface area contributed by atoms with Crippen molar-refractivity contribution in [3.8, 4) is 0 Å². The van der Waals surface area contributed by atoms with E-state index in [1.54, 1.807) is 29.2 Å². The Morgan fingerprint density at radius 2 is 2.08 bits per heavy atom.